The SMILES string of the molecule is O=C1NCCN1C1CCN(C(=O)C2(c3ccccc3)CCCC2)CC1. The molecule has 0 bridgehead atoms. The van der Waals surface area contributed by atoms with Gasteiger partial charge >= 0.3 is 6.03 Å². The van der Waals surface area contributed by atoms with Gasteiger partial charge in [0.05, 0.1) is 5.41 Å². The van der Waals surface area contributed by atoms with Gasteiger partial charge in [0, 0.05) is 32.2 Å². The Hall–Kier alpha value is -2.04. The smallest absolute Gasteiger partial charge is 0.317 e. The molecule has 134 valence electrons. The topological polar surface area (TPSA) is 52.7 Å². The minimum absolute atomic E-state index is 0.0568. The molecular formula is C20H27N3O2. The maximum absolute atomic E-state index is 13.4. The number of benzene rings is 1. The first-order chi connectivity index (χ1) is 12.2. The third kappa shape index (κ3) is 2.90. The van der Waals surface area contributed by atoms with E-state index in [9.17, 15) is 9.59 Å². The van der Waals surface area contributed by atoms with Crippen molar-refractivity contribution in [2.75, 3.05) is 26.2 Å². The quantitative estimate of drug-likeness (QED) is 0.918. The standard InChI is InChI=1S/C20H27N3O2/c24-18(20(10-4-5-11-20)16-6-2-1-3-7-16)22-13-8-17(9-14-22)23-15-12-21-19(23)25/h1-3,6-7,17H,4-5,8-15H2,(H,21,25). The Balaban J connectivity index is 1.46. The molecule has 0 spiro atoms. The van der Waals surface area contributed by atoms with E-state index in [1.807, 2.05) is 23.1 Å². The molecule has 1 aromatic carbocycles. The zero-order valence-corrected chi connectivity index (χ0v) is 14.7. The van der Waals surface area contributed by atoms with Crippen LogP contribution in [0.3, 0.4) is 0 Å². The summed E-state index contributed by atoms with van der Waals surface area (Å²) in [6.45, 7) is 3.07. The van der Waals surface area contributed by atoms with Gasteiger partial charge in [-0.15, -0.1) is 0 Å². The summed E-state index contributed by atoms with van der Waals surface area (Å²) >= 11 is 0. The number of piperidine rings is 1. The number of urea groups is 1. The Morgan fingerprint density at radius 2 is 1.72 bits per heavy atom. The van der Waals surface area contributed by atoms with Crippen molar-refractivity contribution >= 4 is 11.9 Å². The van der Waals surface area contributed by atoms with Gasteiger partial charge in [-0.3, -0.25) is 4.79 Å². The summed E-state index contributed by atoms with van der Waals surface area (Å²) < 4.78 is 0. The molecule has 3 amide bonds. The van der Waals surface area contributed by atoms with E-state index in [1.54, 1.807) is 0 Å². The fourth-order valence-electron chi connectivity index (χ4n) is 4.88. The highest BCUT2D eigenvalue weighted by Gasteiger charge is 2.45. The van der Waals surface area contributed by atoms with Crippen molar-refractivity contribution in [3.8, 4) is 0 Å². The molecule has 25 heavy (non-hydrogen) atoms. The first-order valence-corrected chi connectivity index (χ1v) is 9.60. The van der Waals surface area contributed by atoms with Crippen LogP contribution >= 0.6 is 0 Å². The van der Waals surface area contributed by atoms with Gasteiger partial charge in [-0.05, 0) is 31.2 Å². The van der Waals surface area contributed by atoms with E-state index in [-0.39, 0.29) is 17.5 Å². The molecular weight excluding hydrogens is 314 g/mol. The van der Waals surface area contributed by atoms with Gasteiger partial charge in [-0.25, -0.2) is 4.79 Å². The summed E-state index contributed by atoms with van der Waals surface area (Å²) in [5.41, 5.74) is 0.859. The number of carbonyl (C=O) groups excluding carboxylic acids is 2. The van der Waals surface area contributed by atoms with Crippen molar-refractivity contribution in [1.29, 1.82) is 0 Å². The van der Waals surface area contributed by atoms with Crippen LogP contribution in [-0.2, 0) is 10.2 Å². The van der Waals surface area contributed by atoms with Crippen LogP contribution in [0.1, 0.15) is 44.1 Å². The van der Waals surface area contributed by atoms with Gasteiger partial charge < -0.3 is 15.1 Å². The zero-order valence-electron chi connectivity index (χ0n) is 14.7. The van der Waals surface area contributed by atoms with Gasteiger partial charge in [-0.1, -0.05) is 43.2 Å². The van der Waals surface area contributed by atoms with Crippen molar-refractivity contribution < 1.29 is 9.59 Å². The van der Waals surface area contributed by atoms with E-state index in [0.29, 0.717) is 5.91 Å². The number of rotatable bonds is 3. The number of likely N-dealkylation sites (tertiary alicyclic amines) is 1. The second-order valence-corrected chi connectivity index (χ2v) is 7.60. The van der Waals surface area contributed by atoms with Gasteiger partial charge in [0.1, 0.15) is 0 Å². The van der Waals surface area contributed by atoms with E-state index in [0.717, 1.165) is 64.7 Å². The lowest BCUT2D eigenvalue weighted by Gasteiger charge is -2.40. The molecule has 2 aliphatic heterocycles. The zero-order chi connectivity index (χ0) is 17.3. The highest BCUT2D eigenvalue weighted by molar-refractivity contribution is 5.88. The third-order valence-corrected chi connectivity index (χ3v) is 6.28. The van der Waals surface area contributed by atoms with Crippen LogP contribution in [0.2, 0.25) is 0 Å². The van der Waals surface area contributed by atoms with Crippen molar-refractivity contribution in [2.45, 2.75) is 50.0 Å². The Bertz CT molecular complexity index is 632. The van der Waals surface area contributed by atoms with Gasteiger partial charge in [-0.2, -0.15) is 0 Å². The molecule has 0 radical (unpaired) electrons. The first-order valence-electron chi connectivity index (χ1n) is 9.60. The van der Waals surface area contributed by atoms with Gasteiger partial charge in [0.2, 0.25) is 5.91 Å². The Morgan fingerprint density at radius 1 is 1.04 bits per heavy atom. The molecule has 3 aliphatic rings. The molecule has 3 fully saturated rings. The number of hydrogen-bond acceptors (Lipinski definition) is 2. The summed E-state index contributed by atoms with van der Waals surface area (Å²) in [7, 11) is 0. The van der Waals surface area contributed by atoms with Crippen molar-refractivity contribution in [2.24, 2.45) is 0 Å². The minimum Gasteiger partial charge on any atom is -0.342 e. The monoisotopic (exact) mass is 341 g/mol. The maximum Gasteiger partial charge on any atom is 0.317 e. The van der Waals surface area contributed by atoms with Crippen LogP contribution in [0.15, 0.2) is 30.3 Å². The predicted molar refractivity (Wildman–Crippen MR) is 96.3 cm³/mol. The number of nitrogens with zero attached hydrogens (tertiary/aromatic N) is 2. The van der Waals surface area contributed by atoms with Crippen LogP contribution in [0.5, 0.6) is 0 Å². The van der Waals surface area contributed by atoms with E-state index in [2.05, 4.69) is 22.3 Å². The molecule has 1 aromatic rings. The second-order valence-electron chi connectivity index (χ2n) is 7.60. The normalized spacial score (nSPS) is 23.8. The number of nitrogens with one attached hydrogen (secondary N) is 1. The molecule has 0 aromatic heterocycles. The Morgan fingerprint density at radius 3 is 2.32 bits per heavy atom. The molecule has 2 saturated heterocycles. The summed E-state index contributed by atoms with van der Waals surface area (Å²) in [4.78, 5) is 29.3. The highest BCUT2D eigenvalue weighted by Crippen LogP contribution is 2.43. The lowest BCUT2D eigenvalue weighted by atomic mass is 9.77. The van der Waals surface area contributed by atoms with Crippen LogP contribution in [0, 0.1) is 0 Å². The fraction of sp³-hybridized carbons (Fsp3) is 0.600. The summed E-state index contributed by atoms with van der Waals surface area (Å²) in [6.07, 6.45) is 5.97. The second kappa shape index (κ2) is 6.70. The average molecular weight is 341 g/mol. The maximum atomic E-state index is 13.4. The van der Waals surface area contributed by atoms with Gasteiger partial charge in [0.15, 0.2) is 0 Å². The molecule has 5 nitrogen and oxygen atoms in total. The predicted octanol–water partition coefficient (Wildman–Crippen LogP) is 2.51. The van der Waals surface area contributed by atoms with E-state index in [1.165, 1.54) is 5.56 Å². The summed E-state index contributed by atoms with van der Waals surface area (Å²) in [5.74, 6) is 0.306. The van der Waals surface area contributed by atoms with Crippen molar-refractivity contribution in [3.05, 3.63) is 35.9 Å². The van der Waals surface area contributed by atoms with Crippen molar-refractivity contribution in [1.82, 2.24) is 15.1 Å². The van der Waals surface area contributed by atoms with Gasteiger partial charge in [0.25, 0.3) is 0 Å². The molecule has 2 heterocycles. The Kier molecular flexibility index (Phi) is 4.40. The number of amides is 3. The summed E-state index contributed by atoms with van der Waals surface area (Å²) in [5, 5.41) is 2.88. The lowest BCUT2D eigenvalue weighted by Crippen LogP contribution is -2.52. The molecule has 1 aliphatic carbocycles. The van der Waals surface area contributed by atoms with Crippen LogP contribution in [0.4, 0.5) is 4.79 Å². The molecule has 1 N–H and O–H groups in total. The first kappa shape index (κ1) is 16.4. The fourth-order valence-corrected chi connectivity index (χ4v) is 4.88. The molecule has 4 rings (SSSR count). The number of hydrogen-bond donors (Lipinski definition) is 1. The van der Waals surface area contributed by atoms with Crippen LogP contribution < -0.4 is 5.32 Å². The van der Waals surface area contributed by atoms with Crippen LogP contribution in [0.25, 0.3) is 0 Å². The third-order valence-electron chi connectivity index (χ3n) is 6.28. The number of carbonyl (C=O) groups is 2. The average Bonchev–Trinajstić information content (AvgIpc) is 3.32. The highest BCUT2D eigenvalue weighted by atomic mass is 16.2. The summed E-state index contributed by atoms with van der Waals surface area (Å²) in [6, 6.07) is 10.7. The van der Waals surface area contributed by atoms with E-state index < -0.39 is 0 Å². The molecule has 1 saturated carbocycles. The molecule has 0 unspecified atom stereocenters. The Labute approximate surface area is 149 Å². The minimum atomic E-state index is -0.320. The lowest BCUT2D eigenvalue weighted by molar-refractivity contribution is -0.138. The largest absolute Gasteiger partial charge is 0.342 e. The van der Waals surface area contributed by atoms with E-state index >= 15 is 0 Å². The van der Waals surface area contributed by atoms with E-state index in [4.69, 9.17) is 0 Å². The van der Waals surface area contributed by atoms with Crippen molar-refractivity contribution in [3.63, 3.8) is 0 Å². The molecule has 0 atom stereocenters. The van der Waals surface area contributed by atoms with Crippen LogP contribution in [-0.4, -0.2) is 54.0 Å². The molecule has 5 heteroatoms.